The number of halogens is 1. The van der Waals surface area contributed by atoms with E-state index in [0.29, 0.717) is 0 Å². The summed E-state index contributed by atoms with van der Waals surface area (Å²) in [6, 6.07) is 6.55. The lowest BCUT2D eigenvalue weighted by Crippen LogP contribution is -2.24. The summed E-state index contributed by atoms with van der Waals surface area (Å²) in [7, 11) is 0. The summed E-state index contributed by atoms with van der Waals surface area (Å²) in [5, 5.41) is 0.155. The van der Waals surface area contributed by atoms with Gasteiger partial charge in [-0.15, -0.1) is 11.6 Å². The van der Waals surface area contributed by atoms with Crippen molar-refractivity contribution >= 4 is 11.6 Å². The number of benzene rings is 1. The van der Waals surface area contributed by atoms with Crippen LogP contribution in [0.3, 0.4) is 0 Å². The third-order valence-corrected chi connectivity index (χ3v) is 5.39. The normalized spacial score (nSPS) is 23.2. The van der Waals surface area contributed by atoms with Gasteiger partial charge in [0.25, 0.3) is 0 Å². The highest BCUT2D eigenvalue weighted by Crippen LogP contribution is 2.39. The van der Waals surface area contributed by atoms with Crippen LogP contribution in [0.4, 0.5) is 0 Å². The highest BCUT2D eigenvalue weighted by atomic mass is 35.5. The SMILES string of the molecule is CC1(C)Cc2cc(C(Cl)CC3CCCCCC3)ccc2O1. The number of ether oxygens (including phenoxy) is 1. The standard InChI is InChI=1S/C19H27ClO/c1-19(2)13-16-12-15(9-10-18(16)21-19)17(20)11-14-7-5-3-4-6-8-14/h9-10,12,14,17H,3-8,11,13H2,1-2H3. The van der Waals surface area contributed by atoms with Gasteiger partial charge in [0.15, 0.2) is 0 Å². The van der Waals surface area contributed by atoms with Crippen molar-refractivity contribution < 1.29 is 4.74 Å². The Bertz CT molecular complexity index is 486. The number of hydrogen-bond donors (Lipinski definition) is 0. The molecule has 1 atom stereocenters. The zero-order chi connectivity index (χ0) is 14.9. The first-order valence-corrected chi connectivity index (χ1v) is 8.93. The molecule has 0 amide bonds. The first-order valence-electron chi connectivity index (χ1n) is 8.49. The molecule has 21 heavy (non-hydrogen) atoms. The summed E-state index contributed by atoms with van der Waals surface area (Å²) in [6.45, 7) is 4.30. The molecule has 1 nitrogen and oxygen atoms in total. The van der Waals surface area contributed by atoms with E-state index in [2.05, 4.69) is 32.0 Å². The maximum atomic E-state index is 6.72. The molecule has 0 aromatic heterocycles. The van der Waals surface area contributed by atoms with E-state index < -0.39 is 0 Å². The average molecular weight is 307 g/mol. The lowest BCUT2D eigenvalue weighted by atomic mass is 9.91. The van der Waals surface area contributed by atoms with Crippen molar-refractivity contribution in [1.29, 1.82) is 0 Å². The third kappa shape index (κ3) is 3.74. The molecule has 1 aromatic rings. The lowest BCUT2D eigenvalue weighted by molar-refractivity contribution is 0.138. The number of fused-ring (bicyclic) bond motifs is 1. The maximum Gasteiger partial charge on any atom is 0.123 e. The molecule has 3 rings (SSSR count). The van der Waals surface area contributed by atoms with Gasteiger partial charge in [-0.05, 0) is 43.4 Å². The van der Waals surface area contributed by atoms with Gasteiger partial charge in [-0.1, -0.05) is 50.7 Å². The van der Waals surface area contributed by atoms with Crippen molar-refractivity contribution in [2.75, 3.05) is 0 Å². The number of hydrogen-bond acceptors (Lipinski definition) is 1. The van der Waals surface area contributed by atoms with Crippen LogP contribution in [-0.2, 0) is 6.42 Å². The zero-order valence-electron chi connectivity index (χ0n) is 13.3. The van der Waals surface area contributed by atoms with Crippen molar-refractivity contribution in [3.63, 3.8) is 0 Å². The summed E-state index contributed by atoms with van der Waals surface area (Å²) in [4.78, 5) is 0. The topological polar surface area (TPSA) is 9.23 Å². The molecule has 1 unspecified atom stereocenters. The molecule has 2 aliphatic rings. The minimum atomic E-state index is -0.0654. The molecule has 1 fully saturated rings. The van der Waals surface area contributed by atoms with Crippen LogP contribution in [0.2, 0.25) is 0 Å². The van der Waals surface area contributed by atoms with Gasteiger partial charge in [0.2, 0.25) is 0 Å². The average Bonchev–Trinajstić information content (AvgIpc) is 2.60. The van der Waals surface area contributed by atoms with Crippen molar-refractivity contribution in [3.05, 3.63) is 29.3 Å². The van der Waals surface area contributed by atoms with Gasteiger partial charge < -0.3 is 4.74 Å². The van der Waals surface area contributed by atoms with E-state index in [9.17, 15) is 0 Å². The van der Waals surface area contributed by atoms with Crippen molar-refractivity contribution in [2.24, 2.45) is 5.92 Å². The molecule has 1 saturated carbocycles. The fraction of sp³-hybridized carbons (Fsp3) is 0.684. The number of rotatable bonds is 3. The largest absolute Gasteiger partial charge is 0.487 e. The van der Waals surface area contributed by atoms with Crippen LogP contribution < -0.4 is 4.74 Å². The van der Waals surface area contributed by atoms with Gasteiger partial charge in [0, 0.05) is 6.42 Å². The van der Waals surface area contributed by atoms with Crippen molar-refractivity contribution in [2.45, 2.75) is 76.2 Å². The van der Waals surface area contributed by atoms with Gasteiger partial charge in [-0.25, -0.2) is 0 Å². The van der Waals surface area contributed by atoms with Crippen molar-refractivity contribution in [3.8, 4) is 5.75 Å². The van der Waals surface area contributed by atoms with Gasteiger partial charge >= 0.3 is 0 Å². The second kappa shape index (κ2) is 6.20. The Labute approximate surface area is 134 Å². The fourth-order valence-electron chi connectivity index (χ4n) is 3.85. The first kappa shape index (κ1) is 15.2. The second-order valence-electron chi connectivity index (χ2n) is 7.47. The highest BCUT2D eigenvalue weighted by molar-refractivity contribution is 6.20. The summed E-state index contributed by atoms with van der Waals surface area (Å²) in [6.07, 6.45) is 10.5. The smallest absolute Gasteiger partial charge is 0.123 e. The third-order valence-electron chi connectivity index (χ3n) is 4.96. The Balaban J connectivity index is 1.67. The molecule has 1 aliphatic carbocycles. The van der Waals surface area contributed by atoms with E-state index in [0.717, 1.165) is 24.5 Å². The van der Waals surface area contributed by atoms with Gasteiger partial charge in [0.1, 0.15) is 11.4 Å². The Kier molecular flexibility index (Phi) is 4.49. The first-order chi connectivity index (χ1) is 10.0. The van der Waals surface area contributed by atoms with Crippen LogP contribution >= 0.6 is 11.6 Å². The molecule has 116 valence electrons. The Morgan fingerprint density at radius 1 is 1.19 bits per heavy atom. The molecule has 0 saturated heterocycles. The Morgan fingerprint density at radius 2 is 1.90 bits per heavy atom. The molecule has 1 aliphatic heterocycles. The predicted octanol–water partition coefficient (Wildman–Crippen LogP) is 6.04. The molecule has 1 heterocycles. The van der Waals surface area contributed by atoms with E-state index in [-0.39, 0.29) is 11.0 Å². The molecular formula is C19H27ClO. The fourth-order valence-corrected chi connectivity index (χ4v) is 4.24. The number of alkyl halides is 1. The van der Waals surface area contributed by atoms with E-state index >= 15 is 0 Å². The second-order valence-corrected chi connectivity index (χ2v) is 7.99. The van der Waals surface area contributed by atoms with E-state index in [1.165, 1.54) is 49.7 Å². The molecule has 1 aromatic carbocycles. The monoisotopic (exact) mass is 306 g/mol. The van der Waals surface area contributed by atoms with Gasteiger partial charge in [-0.3, -0.25) is 0 Å². The van der Waals surface area contributed by atoms with Crippen LogP contribution in [0.25, 0.3) is 0 Å². The van der Waals surface area contributed by atoms with E-state index in [1.807, 2.05) is 0 Å². The summed E-state index contributed by atoms with van der Waals surface area (Å²) < 4.78 is 5.95. The molecule has 0 bridgehead atoms. The van der Waals surface area contributed by atoms with Gasteiger partial charge in [0.05, 0.1) is 5.38 Å². The van der Waals surface area contributed by atoms with Crippen LogP contribution in [0.1, 0.15) is 75.3 Å². The van der Waals surface area contributed by atoms with Gasteiger partial charge in [-0.2, -0.15) is 0 Å². The lowest BCUT2D eigenvalue weighted by Gasteiger charge is -2.18. The molecule has 0 N–H and O–H groups in total. The molecule has 0 spiro atoms. The Morgan fingerprint density at radius 3 is 2.62 bits per heavy atom. The minimum Gasteiger partial charge on any atom is -0.487 e. The van der Waals surface area contributed by atoms with Crippen LogP contribution in [0, 0.1) is 5.92 Å². The maximum absolute atomic E-state index is 6.72. The summed E-state index contributed by atoms with van der Waals surface area (Å²) in [5.41, 5.74) is 2.54. The molecular weight excluding hydrogens is 280 g/mol. The van der Waals surface area contributed by atoms with Crippen LogP contribution in [0.5, 0.6) is 5.75 Å². The summed E-state index contributed by atoms with van der Waals surface area (Å²) >= 11 is 6.72. The molecule has 2 heteroatoms. The van der Waals surface area contributed by atoms with Crippen LogP contribution in [-0.4, -0.2) is 5.60 Å². The van der Waals surface area contributed by atoms with Crippen LogP contribution in [0.15, 0.2) is 18.2 Å². The van der Waals surface area contributed by atoms with Crippen molar-refractivity contribution in [1.82, 2.24) is 0 Å². The van der Waals surface area contributed by atoms with E-state index in [1.54, 1.807) is 0 Å². The predicted molar refractivity (Wildman–Crippen MR) is 89.3 cm³/mol. The van der Waals surface area contributed by atoms with E-state index in [4.69, 9.17) is 16.3 Å². The zero-order valence-corrected chi connectivity index (χ0v) is 14.1. The summed E-state index contributed by atoms with van der Waals surface area (Å²) in [5.74, 6) is 1.86. The highest BCUT2D eigenvalue weighted by Gasteiger charge is 2.30. The Hall–Kier alpha value is -0.690. The molecule has 0 radical (unpaired) electrons. The quantitative estimate of drug-likeness (QED) is 0.488. The minimum absolute atomic E-state index is 0.0654.